The number of rotatable bonds is 6. The minimum Gasteiger partial charge on any atom is -0.389 e. The third-order valence-electron chi connectivity index (χ3n) is 3.46. The smallest absolute Gasteiger partial charge is 0.104 e. The average Bonchev–Trinajstić information content (AvgIpc) is 2.43. The van der Waals surface area contributed by atoms with Crippen molar-refractivity contribution in [2.24, 2.45) is 11.7 Å². The zero-order valence-electron chi connectivity index (χ0n) is 12.1. The quantitative estimate of drug-likeness (QED) is 0.613. The molecule has 0 radical (unpaired) electrons. The van der Waals surface area contributed by atoms with E-state index in [4.69, 9.17) is 18.0 Å². The number of nitrogens with two attached hydrogens (primary N) is 1. The van der Waals surface area contributed by atoms with E-state index in [1.54, 1.807) is 0 Å². The molecule has 3 N–H and O–H groups in total. The molecule has 2 aromatic rings. The van der Waals surface area contributed by atoms with Crippen molar-refractivity contribution in [3.05, 3.63) is 42.0 Å². The molecule has 0 bridgehead atoms. The third kappa shape index (κ3) is 3.48. The van der Waals surface area contributed by atoms with Gasteiger partial charge in [0.1, 0.15) is 4.99 Å². The first kappa shape index (κ1) is 14.8. The van der Waals surface area contributed by atoms with Crippen LogP contribution in [0.3, 0.4) is 0 Å². The minimum absolute atomic E-state index is 0.451. The van der Waals surface area contributed by atoms with E-state index in [0.29, 0.717) is 4.99 Å². The predicted octanol–water partition coefficient (Wildman–Crippen LogP) is 4.32. The molecule has 20 heavy (non-hydrogen) atoms. The van der Waals surface area contributed by atoms with Crippen LogP contribution in [-0.2, 0) is 0 Å². The monoisotopic (exact) mass is 286 g/mol. The van der Waals surface area contributed by atoms with Gasteiger partial charge in [0.2, 0.25) is 0 Å². The lowest BCUT2D eigenvalue weighted by Gasteiger charge is -2.13. The second kappa shape index (κ2) is 6.71. The molecule has 0 saturated heterocycles. The van der Waals surface area contributed by atoms with Gasteiger partial charge in [-0.2, -0.15) is 0 Å². The Morgan fingerprint density at radius 1 is 1.15 bits per heavy atom. The molecule has 0 fully saturated rings. The van der Waals surface area contributed by atoms with Gasteiger partial charge >= 0.3 is 0 Å². The summed E-state index contributed by atoms with van der Waals surface area (Å²) in [6.07, 6.45) is 2.43. The lowest BCUT2D eigenvalue weighted by molar-refractivity contribution is 0.567. The fourth-order valence-corrected chi connectivity index (χ4v) is 2.58. The highest BCUT2D eigenvalue weighted by atomic mass is 32.1. The van der Waals surface area contributed by atoms with Crippen LogP contribution in [0.25, 0.3) is 10.8 Å². The van der Waals surface area contributed by atoms with Gasteiger partial charge in [-0.25, -0.2) is 0 Å². The van der Waals surface area contributed by atoms with E-state index in [9.17, 15) is 0 Å². The predicted molar refractivity (Wildman–Crippen MR) is 92.4 cm³/mol. The van der Waals surface area contributed by atoms with E-state index in [1.165, 1.54) is 18.2 Å². The molecule has 2 aromatic carbocycles. The van der Waals surface area contributed by atoms with Gasteiger partial charge in [0.25, 0.3) is 0 Å². The molecule has 0 aromatic heterocycles. The van der Waals surface area contributed by atoms with Crippen LogP contribution >= 0.6 is 12.2 Å². The van der Waals surface area contributed by atoms with Crippen LogP contribution in [0.1, 0.15) is 32.3 Å². The third-order valence-corrected chi connectivity index (χ3v) is 3.68. The van der Waals surface area contributed by atoms with Gasteiger partial charge in [-0.3, -0.25) is 0 Å². The highest BCUT2D eigenvalue weighted by molar-refractivity contribution is 7.80. The molecule has 0 saturated carbocycles. The van der Waals surface area contributed by atoms with Crippen molar-refractivity contribution in [3.63, 3.8) is 0 Å². The highest BCUT2D eigenvalue weighted by Crippen LogP contribution is 2.26. The van der Waals surface area contributed by atoms with Crippen LogP contribution in [0.15, 0.2) is 36.4 Å². The number of hydrogen-bond acceptors (Lipinski definition) is 2. The summed E-state index contributed by atoms with van der Waals surface area (Å²) < 4.78 is 0. The number of hydrogen-bond donors (Lipinski definition) is 2. The molecule has 0 heterocycles. The van der Waals surface area contributed by atoms with Crippen LogP contribution in [0, 0.1) is 5.92 Å². The molecule has 2 nitrogen and oxygen atoms in total. The molecule has 0 aliphatic rings. The van der Waals surface area contributed by atoms with Crippen LogP contribution < -0.4 is 11.1 Å². The first-order valence-corrected chi connectivity index (χ1v) is 7.56. The summed E-state index contributed by atoms with van der Waals surface area (Å²) in [7, 11) is 0. The molecule has 0 amide bonds. The fourth-order valence-electron chi connectivity index (χ4n) is 2.40. The van der Waals surface area contributed by atoms with Crippen LogP contribution in [-0.4, -0.2) is 11.5 Å². The largest absolute Gasteiger partial charge is 0.389 e. The van der Waals surface area contributed by atoms with Gasteiger partial charge in [0, 0.05) is 23.2 Å². The summed E-state index contributed by atoms with van der Waals surface area (Å²) in [5, 5.41) is 5.83. The lowest BCUT2D eigenvalue weighted by atomic mass is 10.0. The summed E-state index contributed by atoms with van der Waals surface area (Å²) in [5.74, 6) is 0.755. The Bertz CT molecular complexity index is 605. The molecule has 0 spiro atoms. The molecule has 2 rings (SSSR count). The molecule has 0 atom stereocenters. The Balaban J connectivity index is 2.22. The molecular weight excluding hydrogens is 264 g/mol. The topological polar surface area (TPSA) is 38.0 Å². The number of thiocarbonyl (C=S) groups is 1. The van der Waals surface area contributed by atoms with Crippen molar-refractivity contribution in [3.8, 4) is 0 Å². The molecule has 0 unspecified atom stereocenters. The standard InChI is InChI=1S/C17H22N2S/c1-12(2)6-5-11-19-16-10-9-15(17(18)20)13-7-3-4-8-14(13)16/h3-4,7-10,12,19H,5-6,11H2,1-2H3,(H2,18,20). The van der Waals surface area contributed by atoms with Crippen molar-refractivity contribution >= 4 is 33.7 Å². The van der Waals surface area contributed by atoms with Gasteiger partial charge < -0.3 is 11.1 Å². The molecule has 0 aliphatic heterocycles. The first-order valence-electron chi connectivity index (χ1n) is 7.15. The number of nitrogens with one attached hydrogen (secondary N) is 1. The first-order chi connectivity index (χ1) is 9.59. The summed E-state index contributed by atoms with van der Waals surface area (Å²) in [6.45, 7) is 5.51. The van der Waals surface area contributed by atoms with E-state index >= 15 is 0 Å². The summed E-state index contributed by atoms with van der Waals surface area (Å²) in [5.41, 5.74) is 7.90. The number of anilines is 1. The average molecular weight is 286 g/mol. The van der Waals surface area contributed by atoms with Crippen LogP contribution in [0.5, 0.6) is 0 Å². The summed E-state index contributed by atoms with van der Waals surface area (Å²) >= 11 is 5.13. The van der Waals surface area contributed by atoms with E-state index in [2.05, 4.69) is 37.4 Å². The Morgan fingerprint density at radius 2 is 1.85 bits per heavy atom. The van der Waals surface area contributed by atoms with Crippen molar-refractivity contribution in [2.45, 2.75) is 26.7 Å². The summed E-state index contributed by atoms with van der Waals surface area (Å²) in [4.78, 5) is 0.451. The van der Waals surface area contributed by atoms with Gasteiger partial charge in [-0.05, 0) is 36.3 Å². The van der Waals surface area contributed by atoms with Crippen molar-refractivity contribution in [1.29, 1.82) is 0 Å². The van der Waals surface area contributed by atoms with Crippen LogP contribution in [0.4, 0.5) is 5.69 Å². The maximum atomic E-state index is 5.80. The summed E-state index contributed by atoms with van der Waals surface area (Å²) in [6, 6.07) is 12.3. The van der Waals surface area contributed by atoms with E-state index in [1.807, 2.05) is 18.2 Å². The van der Waals surface area contributed by atoms with Crippen molar-refractivity contribution in [2.75, 3.05) is 11.9 Å². The number of fused-ring (bicyclic) bond motifs is 1. The second-order valence-corrected chi connectivity index (χ2v) is 5.97. The highest BCUT2D eigenvalue weighted by Gasteiger charge is 2.07. The Morgan fingerprint density at radius 3 is 2.50 bits per heavy atom. The molecular formula is C17H22N2S. The van der Waals surface area contributed by atoms with E-state index < -0.39 is 0 Å². The van der Waals surface area contributed by atoms with Gasteiger partial charge in [0.05, 0.1) is 0 Å². The van der Waals surface area contributed by atoms with E-state index in [0.717, 1.165) is 29.1 Å². The molecule has 0 aliphatic carbocycles. The minimum atomic E-state index is 0.451. The van der Waals surface area contributed by atoms with Gasteiger partial charge in [0.15, 0.2) is 0 Å². The zero-order chi connectivity index (χ0) is 14.5. The number of benzene rings is 2. The molecule has 3 heteroatoms. The second-order valence-electron chi connectivity index (χ2n) is 5.53. The fraction of sp³-hybridized carbons (Fsp3) is 0.353. The van der Waals surface area contributed by atoms with Crippen LogP contribution in [0.2, 0.25) is 0 Å². The van der Waals surface area contributed by atoms with Crippen molar-refractivity contribution < 1.29 is 0 Å². The van der Waals surface area contributed by atoms with Gasteiger partial charge in [-0.1, -0.05) is 50.3 Å². The Labute approximate surface area is 126 Å². The van der Waals surface area contributed by atoms with E-state index in [-0.39, 0.29) is 0 Å². The maximum Gasteiger partial charge on any atom is 0.104 e. The normalized spacial score (nSPS) is 10.9. The SMILES string of the molecule is CC(C)CCCNc1ccc(C(N)=S)c2ccccc12. The molecule has 106 valence electrons. The van der Waals surface area contributed by atoms with Gasteiger partial charge in [-0.15, -0.1) is 0 Å². The zero-order valence-corrected chi connectivity index (χ0v) is 13.0. The lowest BCUT2D eigenvalue weighted by Crippen LogP contribution is -2.10. The van der Waals surface area contributed by atoms with Crippen molar-refractivity contribution in [1.82, 2.24) is 0 Å². The Hall–Kier alpha value is -1.61. The maximum absolute atomic E-state index is 5.80. The Kier molecular flexibility index (Phi) is 4.96.